The largest absolute Gasteiger partial charge is 0.343 e. The first kappa shape index (κ1) is 13.0. The summed E-state index contributed by atoms with van der Waals surface area (Å²) in [5.41, 5.74) is 0. The van der Waals surface area contributed by atoms with Crippen molar-refractivity contribution in [2.45, 2.75) is 30.2 Å². The molecule has 1 aromatic rings. The van der Waals surface area contributed by atoms with E-state index in [2.05, 4.69) is 10.2 Å². The number of likely N-dealkylation sites (tertiary alicyclic amines) is 1. The molecule has 0 bridgehead atoms. The van der Waals surface area contributed by atoms with Gasteiger partial charge in [0.15, 0.2) is 0 Å². The molecule has 1 saturated heterocycles. The Morgan fingerprint density at radius 2 is 2.00 bits per heavy atom. The second-order valence-electron chi connectivity index (χ2n) is 4.47. The predicted octanol–water partition coefficient (Wildman–Crippen LogP) is -0.400. The monoisotopic (exact) mass is 272 g/mol. The molecule has 7 nitrogen and oxygen atoms in total. The molecule has 0 unspecified atom stereocenters. The van der Waals surface area contributed by atoms with Crippen LogP contribution in [-0.4, -0.2) is 52.3 Å². The van der Waals surface area contributed by atoms with Crippen LogP contribution in [0, 0.1) is 0 Å². The molecule has 1 aliphatic rings. The summed E-state index contributed by atoms with van der Waals surface area (Å²) >= 11 is 0. The first-order chi connectivity index (χ1) is 8.43. The third-order valence-electron chi connectivity index (χ3n) is 3.25. The van der Waals surface area contributed by atoms with Crippen LogP contribution >= 0.6 is 0 Å². The SMILES string of the molecule is CC(=O)N1CCC(S(=O)(=O)c2nncn2C)CC1. The van der Waals surface area contributed by atoms with Gasteiger partial charge in [-0.25, -0.2) is 8.42 Å². The highest BCUT2D eigenvalue weighted by molar-refractivity contribution is 7.91. The Morgan fingerprint density at radius 1 is 1.39 bits per heavy atom. The van der Waals surface area contributed by atoms with Gasteiger partial charge in [0.05, 0.1) is 5.25 Å². The summed E-state index contributed by atoms with van der Waals surface area (Å²) in [6.07, 6.45) is 2.28. The van der Waals surface area contributed by atoms with Gasteiger partial charge in [0.25, 0.3) is 0 Å². The molecule has 0 radical (unpaired) electrons. The zero-order valence-electron chi connectivity index (χ0n) is 10.4. The number of amides is 1. The topological polar surface area (TPSA) is 85.2 Å². The fourth-order valence-corrected chi connectivity index (χ4v) is 3.90. The van der Waals surface area contributed by atoms with Crippen LogP contribution in [0.25, 0.3) is 0 Å². The predicted molar refractivity (Wildman–Crippen MR) is 63.5 cm³/mol. The smallest absolute Gasteiger partial charge is 0.249 e. The van der Waals surface area contributed by atoms with E-state index in [4.69, 9.17) is 0 Å². The van der Waals surface area contributed by atoms with Gasteiger partial charge in [0, 0.05) is 27.1 Å². The number of sulfone groups is 1. The summed E-state index contributed by atoms with van der Waals surface area (Å²) in [6, 6.07) is 0. The molecule has 0 aliphatic carbocycles. The Morgan fingerprint density at radius 3 is 2.44 bits per heavy atom. The van der Waals surface area contributed by atoms with Crippen LogP contribution in [0.2, 0.25) is 0 Å². The molecule has 1 aliphatic heterocycles. The number of nitrogens with zero attached hydrogens (tertiary/aromatic N) is 4. The van der Waals surface area contributed by atoms with Crippen LogP contribution < -0.4 is 0 Å². The first-order valence-electron chi connectivity index (χ1n) is 5.76. The van der Waals surface area contributed by atoms with Gasteiger partial charge in [-0.05, 0) is 12.8 Å². The molecule has 0 N–H and O–H groups in total. The third-order valence-corrected chi connectivity index (χ3v) is 5.48. The zero-order chi connectivity index (χ0) is 13.3. The zero-order valence-corrected chi connectivity index (χ0v) is 11.2. The fraction of sp³-hybridized carbons (Fsp3) is 0.700. The lowest BCUT2D eigenvalue weighted by molar-refractivity contribution is -0.129. The summed E-state index contributed by atoms with van der Waals surface area (Å²) in [4.78, 5) is 12.9. The quantitative estimate of drug-likeness (QED) is 0.731. The van der Waals surface area contributed by atoms with Crippen molar-refractivity contribution < 1.29 is 13.2 Å². The van der Waals surface area contributed by atoms with Crippen molar-refractivity contribution in [3.05, 3.63) is 6.33 Å². The van der Waals surface area contributed by atoms with Crippen molar-refractivity contribution >= 4 is 15.7 Å². The van der Waals surface area contributed by atoms with Crippen LogP contribution in [0.3, 0.4) is 0 Å². The minimum atomic E-state index is -3.45. The van der Waals surface area contributed by atoms with E-state index in [0.29, 0.717) is 25.9 Å². The summed E-state index contributed by atoms with van der Waals surface area (Å²) in [7, 11) is -1.84. The van der Waals surface area contributed by atoms with Gasteiger partial charge in [0.1, 0.15) is 6.33 Å². The molecular formula is C10H16N4O3S. The van der Waals surface area contributed by atoms with Crippen molar-refractivity contribution in [3.8, 4) is 0 Å². The van der Waals surface area contributed by atoms with E-state index >= 15 is 0 Å². The van der Waals surface area contributed by atoms with E-state index in [1.54, 1.807) is 11.9 Å². The molecule has 1 fully saturated rings. The van der Waals surface area contributed by atoms with Crippen molar-refractivity contribution in [1.82, 2.24) is 19.7 Å². The van der Waals surface area contributed by atoms with Crippen molar-refractivity contribution in [2.24, 2.45) is 7.05 Å². The van der Waals surface area contributed by atoms with E-state index in [1.165, 1.54) is 17.8 Å². The molecule has 8 heteroatoms. The molecule has 18 heavy (non-hydrogen) atoms. The molecule has 1 amide bonds. The number of hydrogen-bond donors (Lipinski definition) is 0. The number of piperidine rings is 1. The number of hydrogen-bond acceptors (Lipinski definition) is 5. The van der Waals surface area contributed by atoms with E-state index < -0.39 is 15.1 Å². The maximum absolute atomic E-state index is 12.3. The summed E-state index contributed by atoms with van der Waals surface area (Å²) in [6.45, 7) is 2.46. The lowest BCUT2D eigenvalue weighted by atomic mass is 10.1. The van der Waals surface area contributed by atoms with Crippen LogP contribution in [0.15, 0.2) is 11.5 Å². The van der Waals surface area contributed by atoms with Gasteiger partial charge in [-0.1, -0.05) is 0 Å². The van der Waals surface area contributed by atoms with Crippen LogP contribution in [0.1, 0.15) is 19.8 Å². The molecule has 0 saturated carbocycles. The van der Waals surface area contributed by atoms with Gasteiger partial charge >= 0.3 is 0 Å². The Bertz CT molecular complexity index is 543. The number of carbonyl (C=O) groups is 1. The molecule has 0 spiro atoms. The van der Waals surface area contributed by atoms with Gasteiger partial charge in [-0.15, -0.1) is 10.2 Å². The number of aryl methyl sites for hydroxylation is 1. The van der Waals surface area contributed by atoms with Crippen molar-refractivity contribution in [1.29, 1.82) is 0 Å². The highest BCUT2D eigenvalue weighted by Gasteiger charge is 2.34. The summed E-state index contributed by atoms with van der Waals surface area (Å²) in [5, 5.41) is 6.78. The molecule has 2 rings (SSSR count). The minimum Gasteiger partial charge on any atom is -0.343 e. The number of aromatic nitrogens is 3. The maximum Gasteiger partial charge on any atom is 0.249 e. The summed E-state index contributed by atoms with van der Waals surface area (Å²) in [5.74, 6) is -0.00972. The van der Waals surface area contributed by atoms with Gasteiger partial charge in [-0.2, -0.15) is 0 Å². The molecule has 2 heterocycles. The first-order valence-corrected chi connectivity index (χ1v) is 7.31. The van der Waals surface area contributed by atoms with Gasteiger partial charge in [0.2, 0.25) is 20.9 Å². The third kappa shape index (κ3) is 2.24. The Hall–Kier alpha value is -1.44. The standard InChI is InChI=1S/C10H16N4O3S/c1-8(15)14-5-3-9(4-6-14)18(16,17)10-12-11-7-13(10)2/h7,9H,3-6H2,1-2H3. The average Bonchev–Trinajstić information content (AvgIpc) is 2.76. The van der Waals surface area contributed by atoms with Crippen LogP contribution in [0.5, 0.6) is 0 Å². The Kier molecular flexibility index (Phi) is 3.38. The normalized spacial score (nSPS) is 18.0. The lowest BCUT2D eigenvalue weighted by Gasteiger charge is -2.30. The van der Waals surface area contributed by atoms with Crippen LogP contribution in [0.4, 0.5) is 0 Å². The Balaban J connectivity index is 2.15. The van der Waals surface area contributed by atoms with E-state index in [0.717, 1.165) is 0 Å². The molecular weight excluding hydrogens is 256 g/mol. The van der Waals surface area contributed by atoms with Crippen molar-refractivity contribution in [2.75, 3.05) is 13.1 Å². The highest BCUT2D eigenvalue weighted by Crippen LogP contribution is 2.22. The molecule has 100 valence electrons. The minimum absolute atomic E-state index is 0.00350. The van der Waals surface area contributed by atoms with E-state index in [1.807, 2.05) is 0 Å². The van der Waals surface area contributed by atoms with Crippen LogP contribution in [-0.2, 0) is 21.7 Å². The van der Waals surface area contributed by atoms with Gasteiger partial charge in [-0.3, -0.25) is 4.79 Å². The van der Waals surface area contributed by atoms with E-state index in [9.17, 15) is 13.2 Å². The fourth-order valence-electron chi connectivity index (χ4n) is 2.16. The van der Waals surface area contributed by atoms with Crippen molar-refractivity contribution in [3.63, 3.8) is 0 Å². The summed E-state index contributed by atoms with van der Waals surface area (Å²) < 4.78 is 26.0. The molecule has 1 aromatic heterocycles. The number of carbonyl (C=O) groups excluding carboxylic acids is 1. The molecule has 0 atom stereocenters. The highest BCUT2D eigenvalue weighted by atomic mass is 32.2. The lowest BCUT2D eigenvalue weighted by Crippen LogP contribution is -2.41. The Labute approximate surface area is 106 Å². The van der Waals surface area contributed by atoms with Gasteiger partial charge < -0.3 is 9.47 Å². The number of rotatable bonds is 2. The maximum atomic E-state index is 12.3. The average molecular weight is 272 g/mol. The molecule has 0 aromatic carbocycles. The van der Waals surface area contributed by atoms with E-state index in [-0.39, 0.29) is 11.1 Å². The second-order valence-corrected chi connectivity index (χ2v) is 6.60. The second kappa shape index (κ2) is 4.68.